The van der Waals surface area contributed by atoms with E-state index in [2.05, 4.69) is 10.3 Å². The van der Waals surface area contributed by atoms with Crippen LogP contribution in [0.25, 0.3) is 10.9 Å². The molecule has 3 rings (SSSR count). The van der Waals surface area contributed by atoms with Crippen LogP contribution < -0.4 is 10.9 Å². The van der Waals surface area contributed by atoms with E-state index in [-0.39, 0.29) is 17.4 Å². The summed E-state index contributed by atoms with van der Waals surface area (Å²) in [6.07, 6.45) is 0. The van der Waals surface area contributed by atoms with Crippen LogP contribution in [0.5, 0.6) is 0 Å². The topological polar surface area (TPSA) is 64.0 Å². The van der Waals surface area contributed by atoms with Gasteiger partial charge in [-0.3, -0.25) is 14.2 Å². The summed E-state index contributed by atoms with van der Waals surface area (Å²) in [6, 6.07) is 14.4. The Hall–Kier alpha value is -2.31. The van der Waals surface area contributed by atoms with Crippen molar-refractivity contribution in [3.8, 4) is 0 Å². The molecule has 146 valence electrons. The summed E-state index contributed by atoms with van der Waals surface area (Å²) in [7, 11) is 0. The normalized spacial score (nSPS) is 12.3. The lowest BCUT2D eigenvalue weighted by Gasteiger charge is -2.17. The van der Waals surface area contributed by atoms with Gasteiger partial charge in [0.1, 0.15) is 0 Å². The van der Waals surface area contributed by atoms with Crippen LogP contribution >= 0.6 is 23.4 Å². The van der Waals surface area contributed by atoms with Crippen molar-refractivity contribution in [2.75, 3.05) is 5.32 Å². The van der Waals surface area contributed by atoms with Crippen molar-refractivity contribution in [3.05, 3.63) is 63.9 Å². The van der Waals surface area contributed by atoms with E-state index in [1.54, 1.807) is 35.8 Å². The molecule has 0 spiro atoms. The van der Waals surface area contributed by atoms with Crippen LogP contribution in [-0.2, 0) is 11.3 Å². The van der Waals surface area contributed by atoms with Crippen molar-refractivity contribution in [2.45, 2.75) is 37.7 Å². The Morgan fingerprint density at radius 2 is 1.82 bits per heavy atom. The summed E-state index contributed by atoms with van der Waals surface area (Å²) in [5.74, 6) is 0.0730. The molecule has 7 heteroatoms. The number of carbonyl (C=O) groups is 1. The second kappa shape index (κ2) is 8.80. The number of aromatic nitrogens is 2. The highest BCUT2D eigenvalue weighted by molar-refractivity contribution is 8.00. The minimum Gasteiger partial charge on any atom is -0.324 e. The summed E-state index contributed by atoms with van der Waals surface area (Å²) in [6.45, 7) is 6.42. The molecule has 0 bridgehead atoms. The number of carbonyl (C=O) groups excluding carboxylic acids is 1. The van der Waals surface area contributed by atoms with Gasteiger partial charge in [-0.25, -0.2) is 4.98 Å². The molecule has 28 heavy (non-hydrogen) atoms. The first-order chi connectivity index (χ1) is 13.4. The summed E-state index contributed by atoms with van der Waals surface area (Å²) in [5.41, 5.74) is 1.11. The molecule has 0 saturated heterocycles. The van der Waals surface area contributed by atoms with Crippen LogP contribution in [-0.4, -0.2) is 20.7 Å². The van der Waals surface area contributed by atoms with Crippen LogP contribution in [0, 0.1) is 5.92 Å². The molecule has 1 N–H and O–H groups in total. The van der Waals surface area contributed by atoms with Gasteiger partial charge in [0.2, 0.25) is 5.91 Å². The molecular weight excluding hydrogens is 394 g/mol. The van der Waals surface area contributed by atoms with Gasteiger partial charge in [-0.1, -0.05) is 61.5 Å². The Balaban J connectivity index is 1.90. The molecule has 1 aromatic heterocycles. The molecule has 3 aromatic rings. The molecule has 0 aliphatic rings. The zero-order valence-corrected chi connectivity index (χ0v) is 17.6. The second-order valence-corrected chi connectivity index (χ2v) is 8.67. The van der Waals surface area contributed by atoms with Crippen LogP contribution in [0.3, 0.4) is 0 Å². The van der Waals surface area contributed by atoms with Gasteiger partial charge >= 0.3 is 0 Å². The standard InChI is InChI=1S/C21H22ClN3O2S/c1-13(2)12-25-20(27)15-8-4-6-10-17(15)24-21(25)28-14(3)19(26)23-18-11-7-5-9-16(18)22/h4-11,13-14H,12H2,1-3H3,(H,23,26)/t14-/m0/s1. The molecule has 0 aliphatic heterocycles. The first kappa shape index (κ1) is 20.4. The molecule has 0 unspecified atom stereocenters. The molecule has 1 heterocycles. The Kier molecular flexibility index (Phi) is 6.42. The molecule has 5 nitrogen and oxygen atoms in total. The van der Waals surface area contributed by atoms with E-state index in [0.717, 1.165) is 0 Å². The van der Waals surface area contributed by atoms with Crippen molar-refractivity contribution >= 4 is 45.9 Å². The van der Waals surface area contributed by atoms with Crippen LogP contribution in [0.15, 0.2) is 58.5 Å². The highest BCUT2D eigenvalue weighted by atomic mass is 35.5. The predicted molar refractivity (Wildman–Crippen MR) is 116 cm³/mol. The molecule has 0 fully saturated rings. The number of hydrogen-bond donors (Lipinski definition) is 1. The molecule has 0 aliphatic carbocycles. The van der Waals surface area contributed by atoms with Crippen LogP contribution in [0.1, 0.15) is 20.8 Å². The van der Waals surface area contributed by atoms with Crippen molar-refractivity contribution in [1.82, 2.24) is 9.55 Å². The van der Waals surface area contributed by atoms with Gasteiger partial charge in [-0.05, 0) is 37.1 Å². The zero-order chi connectivity index (χ0) is 20.3. The summed E-state index contributed by atoms with van der Waals surface area (Å²) >= 11 is 7.39. The Morgan fingerprint density at radius 3 is 2.54 bits per heavy atom. The highest BCUT2D eigenvalue weighted by Crippen LogP contribution is 2.26. The smallest absolute Gasteiger partial charge is 0.262 e. The molecule has 1 amide bonds. The third kappa shape index (κ3) is 4.56. The number of amides is 1. The van der Waals surface area contributed by atoms with Gasteiger partial charge in [0, 0.05) is 6.54 Å². The summed E-state index contributed by atoms with van der Waals surface area (Å²) in [5, 5.41) is 3.98. The SMILES string of the molecule is CC(C)Cn1c(S[C@@H](C)C(=O)Nc2ccccc2Cl)nc2ccccc2c1=O. The number of fused-ring (bicyclic) bond motifs is 1. The zero-order valence-electron chi connectivity index (χ0n) is 16.0. The molecule has 0 radical (unpaired) electrons. The van der Waals surface area contributed by atoms with Crippen LogP contribution in [0.2, 0.25) is 5.02 Å². The number of halogens is 1. The number of anilines is 1. The van der Waals surface area contributed by atoms with E-state index >= 15 is 0 Å². The fraction of sp³-hybridized carbons (Fsp3) is 0.286. The number of rotatable bonds is 6. The van der Waals surface area contributed by atoms with Gasteiger partial charge in [0.05, 0.1) is 26.9 Å². The van der Waals surface area contributed by atoms with Crippen molar-refractivity contribution < 1.29 is 4.79 Å². The van der Waals surface area contributed by atoms with E-state index < -0.39 is 5.25 Å². The second-order valence-electron chi connectivity index (χ2n) is 6.95. The molecule has 2 aromatic carbocycles. The third-order valence-electron chi connectivity index (χ3n) is 4.16. The van der Waals surface area contributed by atoms with E-state index in [1.807, 2.05) is 38.1 Å². The minimum absolute atomic E-state index is 0.0829. The Bertz CT molecular complexity index is 1060. The third-order valence-corrected chi connectivity index (χ3v) is 5.58. The van der Waals surface area contributed by atoms with Crippen molar-refractivity contribution in [3.63, 3.8) is 0 Å². The van der Waals surface area contributed by atoms with Gasteiger partial charge < -0.3 is 5.32 Å². The lowest BCUT2D eigenvalue weighted by Crippen LogP contribution is -2.28. The van der Waals surface area contributed by atoms with Gasteiger partial charge in [-0.2, -0.15) is 0 Å². The Labute approximate surface area is 173 Å². The van der Waals surface area contributed by atoms with Gasteiger partial charge in [-0.15, -0.1) is 0 Å². The highest BCUT2D eigenvalue weighted by Gasteiger charge is 2.20. The number of thioether (sulfide) groups is 1. The van der Waals surface area contributed by atoms with Crippen molar-refractivity contribution in [1.29, 1.82) is 0 Å². The lowest BCUT2D eigenvalue weighted by molar-refractivity contribution is -0.115. The predicted octanol–water partition coefficient (Wildman–Crippen LogP) is 4.83. The summed E-state index contributed by atoms with van der Waals surface area (Å²) in [4.78, 5) is 30.3. The van der Waals surface area contributed by atoms with Gasteiger partial charge in [0.25, 0.3) is 5.56 Å². The number of nitrogens with one attached hydrogen (secondary N) is 1. The Morgan fingerprint density at radius 1 is 1.14 bits per heavy atom. The quantitative estimate of drug-likeness (QED) is 0.462. The average Bonchev–Trinajstić information content (AvgIpc) is 2.66. The largest absolute Gasteiger partial charge is 0.324 e. The maximum Gasteiger partial charge on any atom is 0.262 e. The van der Waals surface area contributed by atoms with E-state index in [4.69, 9.17) is 11.6 Å². The number of benzene rings is 2. The van der Waals surface area contributed by atoms with Crippen molar-refractivity contribution in [2.24, 2.45) is 5.92 Å². The fourth-order valence-electron chi connectivity index (χ4n) is 2.77. The first-order valence-electron chi connectivity index (χ1n) is 9.08. The van der Waals surface area contributed by atoms with E-state index in [9.17, 15) is 9.59 Å². The first-order valence-corrected chi connectivity index (χ1v) is 10.3. The van der Waals surface area contributed by atoms with Crippen LogP contribution in [0.4, 0.5) is 5.69 Å². The molecule has 1 atom stereocenters. The van der Waals surface area contributed by atoms with Gasteiger partial charge in [0.15, 0.2) is 5.16 Å². The summed E-state index contributed by atoms with van der Waals surface area (Å²) < 4.78 is 1.66. The lowest BCUT2D eigenvalue weighted by atomic mass is 10.2. The minimum atomic E-state index is -0.456. The molecular formula is C21H22ClN3O2S. The fourth-order valence-corrected chi connectivity index (χ4v) is 3.87. The maximum absolute atomic E-state index is 13.0. The molecule has 0 saturated carbocycles. The number of para-hydroxylation sites is 2. The average molecular weight is 416 g/mol. The van der Waals surface area contributed by atoms with E-state index in [1.165, 1.54) is 11.8 Å². The van der Waals surface area contributed by atoms with E-state index in [0.29, 0.717) is 33.3 Å². The monoisotopic (exact) mass is 415 g/mol. The number of hydrogen-bond acceptors (Lipinski definition) is 4. The maximum atomic E-state index is 13.0. The number of nitrogens with zero attached hydrogens (tertiary/aromatic N) is 2.